The zero-order valence-corrected chi connectivity index (χ0v) is 6.85. The lowest BCUT2D eigenvalue weighted by Crippen LogP contribution is -2.46. The van der Waals surface area contributed by atoms with E-state index >= 15 is 0 Å². The van der Waals surface area contributed by atoms with Gasteiger partial charge in [-0.15, -0.1) is 0 Å². The molecular formula is C6H14N2O5. The lowest BCUT2D eigenvalue weighted by molar-refractivity contribution is -0.0999. The van der Waals surface area contributed by atoms with Crippen LogP contribution in [0, 0.1) is 0 Å². The predicted octanol–water partition coefficient (Wildman–Crippen LogP) is -3.63. The molecule has 0 aromatic rings. The van der Waals surface area contributed by atoms with E-state index in [1.54, 1.807) is 0 Å². The maximum Gasteiger partial charge on any atom is 0.119 e. The van der Waals surface area contributed by atoms with Crippen molar-refractivity contribution in [3.8, 4) is 0 Å². The summed E-state index contributed by atoms with van der Waals surface area (Å²) in [5, 5.41) is 47.4. The molecular weight excluding hydrogens is 180 g/mol. The van der Waals surface area contributed by atoms with Gasteiger partial charge in [-0.25, -0.2) is 0 Å². The molecule has 0 aliphatic carbocycles. The topological polar surface area (TPSA) is 140 Å². The molecule has 0 spiro atoms. The molecule has 0 aromatic heterocycles. The number of aliphatic hydroxyl groups excluding tert-OH is 5. The minimum absolute atomic E-state index is 0.718. The lowest BCUT2D eigenvalue weighted by Gasteiger charge is -2.23. The van der Waals surface area contributed by atoms with Gasteiger partial charge in [0.05, 0.1) is 12.8 Å². The molecule has 78 valence electrons. The highest BCUT2D eigenvalue weighted by Gasteiger charge is 2.28. The third-order valence-electron chi connectivity index (χ3n) is 1.52. The second-order valence-electron chi connectivity index (χ2n) is 2.52. The summed E-state index contributed by atoms with van der Waals surface area (Å²) in [6.07, 6.45) is -5.50. The van der Waals surface area contributed by atoms with Crippen molar-refractivity contribution in [3.63, 3.8) is 0 Å². The summed E-state index contributed by atoms with van der Waals surface area (Å²) in [7, 11) is 0. The molecule has 0 aromatic carbocycles. The third kappa shape index (κ3) is 3.66. The van der Waals surface area contributed by atoms with Crippen molar-refractivity contribution in [1.29, 1.82) is 0 Å². The highest BCUT2D eigenvalue weighted by atomic mass is 16.4. The fraction of sp³-hybridized carbons (Fsp3) is 0.833. The van der Waals surface area contributed by atoms with Gasteiger partial charge in [0.15, 0.2) is 0 Å². The smallest absolute Gasteiger partial charge is 0.119 e. The summed E-state index contributed by atoms with van der Waals surface area (Å²) in [5.41, 5.74) is 0. The molecule has 0 unspecified atom stereocenters. The number of nitrogens with zero attached hydrogens (tertiary/aromatic N) is 1. The minimum atomic E-state index is -1.65. The zero-order valence-electron chi connectivity index (χ0n) is 6.85. The molecule has 0 saturated heterocycles. The van der Waals surface area contributed by atoms with Crippen LogP contribution in [-0.2, 0) is 0 Å². The molecule has 0 heterocycles. The summed E-state index contributed by atoms with van der Waals surface area (Å²) >= 11 is 0. The van der Waals surface area contributed by atoms with Gasteiger partial charge in [-0.3, -0.25) is 0 Å². The van der Waals surface area contributed by atoms with Crippen LogP contribution in [0.3, 0.4) is 0 Å². The molecule has 0 fully saturated rings. The summed E-state index contributed by atoms with van der Waals surface area (Å²) in [6, 6.07) is 0. The SMILES string of the molecule is N/N=C\[C@H](O)[C@H](O)[C@H](O)[C@@H](O)CO. The maximum absolute atomic E-state index is 9.10. The molecule has 13 heavy (non-hydrogen) atoms. The van der Waals surface area contributed by atoms with Crippen molar-refractivity contribution in [1.82, 2.24) is 0 Å². The summed E-state index contributed by atoms with van der Waals surface area (Å²) < 4.78 is 0. The second-order valence-corrected chi connectivity index (χ2v) is 2.52. The van der Waals surface area contributed by atoms with E-state index in [0.717, 1.165) is 6.21 Å². The number of rotatable bonds is 5. The Labute approximate surface area is 74.7 Å². The molecule has 4 atom stereocenters. The summed E-state index contributed by atoms with van der Waals surface area (Å²) in [5.74, 6) is 4.68. The fourth-order valence-electron chi connectivity index (χ4n) is 0.714. The fourth-order valence-corrected chi connectivity index (χ4v) is 0.714. The van der Waals surface area contributed by atoms with Gasteiger partial charge in [-0.2, -0.15) is 5.10 Å². The summed E-state index contributed by atoms with van der Waals surface area (Å²) in [4.78, 5) is 0. The van der Waals surface area contributed by atoms with Gasteiger partial charge in [-0.05, 0) is 0 Å². The van der Waals surface area contributed by atoms with E-state index in [2.05, 4.69) is 10.9 Å². The monoisotopic (exact) mass is 194 g/mol. The maximum atomic E-state index is 9.10. The number of hydrogen-bond acceptors (Lipinski definition) is 7. The molecule has 0 saturated carbocycles. The van der Waals surface area contributed by atoms with Gasteiger partial charge in [0.1, 0.15) is 24.4 Å². The molecule has 0 radical (unpaired) electrons. The van der Waals surface area contributed by atoms with Crippen molar-refractivity contribution >= 4 is 6.21 Å². The van der Waals surface area contributed by atoms with E-state index in [4.69, 9.17) is 25.5 Å². The molecule has 7 heteroatoms. The first kappa shape index (κ1) is 12.3. The van der Waals surface area contributed by atoms with Crippen LogP contribution in [0.25, 0.3) is 0 Å². The standard InChI is InChI=1S/C6H14N2O5/c7-8-1-3(10)5(12)6(13)4(11)2-9/h1,3-6,9-13H,2,7H2/b8-1-/t3-,4-,5-,6+/m0/s1. The molecule has 0 aliphatic rings. The van der Waals surface area contributed by atoms with Crippen LogP contribution in [0.2, 0.25) is 0 Å². The summed E-state index contributed by atoms with van der Waals surface area (Å²) in [6.45, 7) is -0.718. The van der Waals surface area contributed by atoms with Crippen molar-refractivity contribution in [2.45, 2.75) is 24.4 Å². The Hall–Kier alpha value is -0.730. The van der Waals surface area contributed by atoms with E-state index in [-0.39, 0.29) is 0 Å². The Balaban J connectivity index is 4.15. The van der Waals surface area contributed by atoms with Crippen LogP contribution in [-0.4, -0.2) is 62.8 Å². The molecule has 7 N–H and O–H groups in total. The van der Waals surface area contributed by atoms with E-state index in [1.165, 1.54) is 0 Å². The van der Waals surface area contributed by atoms with Crippen LogP contribution < -0.4 is 5.84 Å². The zero-order chi connectivity index (χ0) is 10.4. The van der Waals surface area contributed by atoms with E-state index < -0.39 is 31.0 Å². The number of aliphatic hydroxyl groups is 5. The van der Waals surface area contributed by atoms with Gasteiger partial charge in [0.25, 0.3) is 0 Å². The van der Waals surface area contributed by atoms with Gasteiger partial charge < -0.3 is 31.4 Å². The Morgan fingerprint density at radius 3 is 2.08 bits per heavy atom. The Bertz CT molecular complexity index is 165. The number of hydrazone groups is 1. The normalized spacial score (nSPS) is 21.3. The first-order valence-electron chi connectivity index (χ1n) is 3.61. The van der Waals surface area contributed by atoms with Crippen LogP contribution in [0.5, 0.6) is 0 Å². The minimum Gasteiger partial charge on any atom is -0.394 e. The van der Waals surface area contributed by atoms with Crippen LogP contribution >= 0.6 is 0 Å². The Kier molecular flexibility index (Phi) is 5.51. The van der Waals surface area contributed by atoms with E-state index in [0.29, 0.717) is 0 Å². The van der Waals surface area contributed by atoms with Crippen LogP contribution in [0.4, 0.5) is 0 Å². The van der Waals surface area contributed by atoms with Crippen molar-refractivity contribution in [2.75, 3.05) is 6.61 Å². The first-order chi connectivity index (χ1) is 6.04. The second kappa shape index (κ2) is 5.84. The third-order valence-corrected chi connectivity index (χ3v) is 1.52. The molecule has 0 rings (SSSR count). The first-order valence-corrected chi connectivity index (χ1v) is 3.61. The average Bonchev–Trinajstić information content (AvgIpc) is 2.14. The van der Waals surface area contributed by atoms with Crippen LogP contribution in [0.15, 0.2) is 5.10 Å². The number of hydrogen-bond donors (Lipinski definition) is 6. The molecule has 0 bridgehead atoms. The molecule has 7 nitrogen and oxygen atoms in total. The number of nitrogens with two attached hydrogens (primary N) is 1. The van der Waals surface area contributed by atoms with Crippen molar-refractivity contribution < 1.29 is 25.5 Å². The Morgan fingerprint density at radius 2 is 1.69 bits per heavy atom. The van der Waals surface area contributed by atoms with Gasteiger partial charge >= 0.3 is 0 Å². The lowest BCUT2D eigenvalue weighted by atomic mass is 10.0. The van der Waals surface area contributed by atoms with Crippen LogP contribution in [0.1, 0.15) is 0 Å². The quantitative estimate of drug-likeness (QED) is 0.152. The van der Waals surface area contributed by atoms with Gasteiger partial charge in [-0.1, -0.05) is 0 Å². The average molecular weight is 194 g/mol. The van der Waals surface area contributed by atoms with Crippen molar-refractivity contribution in [3.05, 3.63) is 0 Å². The highest BCUT2D eigenvalue weighted by Crippen LogP contribution is 2.03. The molecule has 0 amide bonds. The molecule has 0 aliphatic heterocycles. The Morgan fingerprint density at radius 1 is 1.15 bits per heavy atom. The van der Waals surface area contributed by atoms with Gasteiger partial charge in [0, 0.05) is 0 Å². The van der Waals surface area contributed by atoms with Crippen molar-refractivity contribution in [2.24, 2.45) is 10.9 Å². The predicted molar refractivity (Wildman–Crippen MR) is 43.8 cm³/mol. The van der Waals surface area contributed by atoms with E-state index in [9.17, 15) is 0 Å². The highest BCUT2D eigenvalue weighted by molar-refractivity contribution is 5.63. The van der Waals surface area contributed by atoms with E-state index in [1.807, 2.05) is 0 Å². The van der Waals surface area contributed by atoms with Gasteiger partial charge in [0.2, 0.25) is 0 Å². The largest absolute Gasteiger partial charge is 0.394 e.